The van der Waals surface area contributed by atoms with E-state index in [1.165, 1.54) is 0 Å². The molecule has 0 saturated heterocycles. The summed E-state index contributed by atoms with van der Waals surface area (Å²) >= 11 is 0. The smallest absolute Gasteiger partial charge is 0.402 e. The Labute approximate surface area is 71.9 Å². The first-order valence-electron chi connectivity index (χ1n) is 3.49. The van der Waals surface area contributed by atoms with E-state index in [1.54, 1.807) is 0 Å². The molecule has 0 heterocycles. The molecule has 0 unspecified atom stereocenters. The van der Waals surface area contributed by atoms with Crippen LogP contribution < -0.4 is 0 Å². The van der Waals surface area contributed by atoms with E-state index < -0.39 is 7.32 Å². The average Bonchev–Trinajstić information content (AvgIpc) is 1.87. The molecule has 0 aromatic heterocycles. The van der Waals surface area contributed by atoms with E-state index in [0.29, 0.717) is 13.1 Å². The van der Waals surface area contributed by atoms with Gasteiger partial charge in [0.15, 0.2) is 0 Å². The zero-order valence-electron chi connectivity index (χ0n) is 7.09. The Morgan fingerprint density at radius 3 is 1.42 bits per heavy atom. The SMILES string of the molecule is CN(CCO)CCO.OB(O)O. The van der Waals surface area contributed by atoms with Crippen LogP contribution in [-0.4, -0.2) is 70.9 Å². The van der Waals surface area contributed by atoms with Gasteiger partial charge >= 0.3 is 7.32 Å². The number of nitrogens with zero attached hydrogens (tertiary/aromatic N) is 1. The zero-order chi connectivity index (χ0) is 9.98. The van der Waals surface area contributed by atoms with Gasteiger partial charge < -0.3 is 30.2 Å². The highest BCUT2D eigenvalue weighted by Gasteiger charge is 1.92. The van der Waals surface area contributed by atoms with Crippen LogP contribution in [0.3, 0.4) is 0 Å². The maximum absolute atomic E-state index is 8.34. The molecular weight excluding hydrogens is 165 g/mol. The fourth-order valence-electron chi connectivity index (χ4n) is 0.453. The molecule has 0 radical (unpaired) electrons. The van der Waals surface area contributed by atoms with E-state index in [-0.39, 0.29) is 13.2 Å². The topological polar surface area (TPSA) is 104 Å². The van der Waals surface area contributed by atoms with Crippen molar-refractivity contribution in [1.82, 2.24) is 4.90 Å². The summed E-state index contributed by atoms with van der Waals surface area (Å²) in [6.45, 7) is 1.61. The zero-order valence-corrected chi connectivity index (χ0v) is 7.09. The second-order valence-corrected chi connectivity index (χ2v) is 2.10. The summed E-state index contributed by atoms with van der Waals surface area (Å²) in [4.78, 5) is 1.86. The summed E-state index contributed by atoms with van der Waals surface area (Å²) in [6, 6.07) is 0. The van der Waals surface area contributed by atoms with Crippen LogP contribution in [-0.2, 0) is 0 Å². The predicted octanol–water partition coefficient (Wildman–Crippen LogP) is -3.15. The summed E-state index contributed by atoms with van der Waals surface area (Å²) in [7, 11) is -0.313. The van der Waals surface area contributed by atoms with Crippen LogP contribution in [0.5, 0.6) is 0 Å². The van der Waals surface area contributed by atoms with Crippen molar-refractivity contribution in [2.45, 2.75) is 0 Å². The standard InChI is InChI=1S/C5H13NO2.BH3O3/c1-6(2-4-7)3-5-8;2-1(3)4/h7-8H,2-5H2,1H3;2-4H. The van der Waals surface area contributed by atoms with Crippen molar-refractivity contribution in [3.8, 4) is 0 Å². The fourth-order valence-corrected chi connectivity index (χ4v) is 0.453. The van der Waals surface area contributed by atoms with E-state index in [2.05, 4.69) is 0 Å². The molecule has 7 heteroatoms. The molecule has 0 saturated carbocycles. The molecular formula is C5H16BNO5. The molecule has 0 rings (SSSR count). The van der Waals surface area contributed by atoms with Gasteiger partial charge in [0.2, 0.25) is 0 Å². The largest absolute Gasteiger partial charge is 0.631 e. The van der Waals surface area contributed by atoms with Crippen LogP contribution >= 0.6 is 0 Å². The maximum atomic E-state index is 8.34. The number of likely N-dealkylation sites (N-methyl/N-ethyl adjacent to an activating group) is 1. The Morgan fingerprint density at radius 1 is 1.00 bits per heavy atom. The molecule has 0 aliphatic rings. The number of rotatable bonds is 4. The first kappa shape index (κ1) is 14.4. The molecule has 0 aromatic rings. The van der Waals surface area contributed by atoms with Crippen LogP contribution in [0, 0.1) is 0 Å². The summed E-state index contributed by atoms with van der Waals surface area (Å²) in [6.07, 6.45) is 0. The van der Waals surface area contributed by atoms with Crippen LogP contribution in [0.4, 0.5) is 0 Å². The molecule has 0 aromatic carbocycles. The van der Waals surface area contributed by atoms with Gasteiger partial charge in [-0.15, -0.1) is 0 Å². The van der Waals surface area contributed by atoms with Gasteiger partial charge in [0, 0.05) is 13.1 Å². The van der Waals surface area contributed by atoms with Gasteiger partial charge in [0.1, 0.15) is 0 Å². The molecule has 12 heavy (non-hydrogen) atoms. The van der Waals surface area contributed by atoms with Gasteiger partial charge in [0.25, 0.3) is 0 Å². The Morgan fingerprint density at radius 2 is 1.25 bits per heavy atom. The Hall–Kier alpha value is -0.175. The van der Waals surface area contributed by atoms with Crippen molar-refractivity contribution in [3.05, 3.63) is 0 Å². The molecule has 6 nitrogen and oxygen atoms in total. The van der Waals surface area contributed by atoms with Crippen molar-refractivity contribution in [2.75, 3.05) is 33.4 Å². The third kappa shape index (κ3) is 22.6. The highest BCUT2D eigenvalue weighted by Crippen LogP contribution is 1.76. The van der Waals surface area contributed by atoms with E-state index in [1.807, 2.05) is 11.9 Å². The van der Waals surface area contributed by atoms with Crippen LogP contribution in [0.15, 0.2) is 0 Å². The first-order valence-corrected chi connectivity index (χ1v) is 3.49. The Balaban J connectivity index is 0. The third-order valence-electron chi connectivity index (χ3n) is 0.963. The fraction of sp³-hybridized carbons (Fsp3) is 1.00. The normalized spacial score (nSPS) is 9.25. The molecule has 0 aliphatic heterocycles. The average molecular weight is 181 g/mol. The summed E-state index contributed by atoms with van der Waals surface area (Å²) in [5.41, 5.74) is 0. The second kappa shape index (κ2) is 10.8. The van der Waals surface area contributed by atoms with Gasteiger partial charge in [-0.3, -0.25) is 0 Å². The lowest BCUT2D eigenvalue weighted by Crippen LogP contribution is -2.25. The van der Waals surface area contributed by atoms with Crippen LogP contribution in [0.1, 0.15) is 0 Å². The lowest BCUT2D eigenvalue weighted by atomic mass is 10.3. The summed E-state index contributed by atoms with van der Waals surface area (Å²) in [5.74, 6) is 0. The molecule has 0 atom stereocenters. The highest BCUT2D eigenvalue weighted by atomic mass is 16.5. The maximum Gasteiger partial charge on any atom is 0.631 e. The number of hydrogen-bond acceptors (Lipinski definition) is 6. The van der Waals surface area contributed by atoms with E-state index >= 15 is 0 Å². The van der Waals surface area contributed by atoms with Gasteiger partial charge in [-0.25, -0.2) is 0 Å². The van der Waals surface area contributed by atoms with Crippen molar-refractivity contribution in [1.29, 1.82) is 0 Å². The minimum atomic E-state index is -2.17. The molecule has 74 valence electrons. The summed E-state index contributed by atoms with van der Waals surface area (Å²) in [5, 5.41) is 38.2. The number of hydrogen-bond donors (Lipinski definition) is 5. The van der Waals surface area contributed by atoms with Crippen LogP contribution in [0.2, 0.25) is 0 Å². The van der Waals surface area contributed by atoms with Crippen molar-refractivity contribution in [2.24, 2.45) is 0 Å². The van der Waals surface area contributed by atoms with Crippen molar-refractivity contribution < 1.29 is 25.3 Å². The van der Waals surface area contributed by atoms with Gasteiger partial charge in [-0.2, -0.15) is 0 Å². The molecule has 5 N–H and O–H groups in total. The van der Waals surface area contributed by atoms with Crippen molar-refractivity contribution in [3.63, 3.8) is 0 Å². The molecule has 0 amide bonds. The molecule has 0 fully saturated rings. The lowest BCUT2D eigenvalue weighted by molar-refractivity contribution is 0.184. The third-order valence-corrected chi connectivity index (χ3v) is 0.963. The van der Waals surface area contributed by atoms with Crippen molar-refractivity contribution >= 4 is 7.32 Å². The Bertz CT molecular complexity index is 75.5. The lowest BCUT2D eigenvalue weighted by Gasteiger charge is -2.11. The Kier molecular flexibility index (Phi) is 12.9. The summed E-state index contributed by atoms with van der Waals surface area (Å²) < 4.78 is 0. The number of aliphatic hydroxyl groups excluding tert-OH is 2. The molecule has 0 aliphatic carbocycles. The highest BCUT2D eigenvalue weighted by molar-refractivity contribution is 6.30. The molecule has 0 spiro atoms. The number of aliphatic hydroxyl groups is 2. The minimum absolute atomic E-state index is 0.163. The van der Waals surface area contributed by atoms with E-state index in [4.69, 9.17) is 25.3 Å². The quantitative estimate of drug-likeness (QED) is 0.293. The van der Waals surface area contributed by atoms with E-state index in [0.717, 1.165) is 0 Å². The predicted molar refractivity (Wildman–Crippen MR) is 44.1 cm³/mol. The monoisotopic (exact) mass is 181 g/mol. The first-order chi connectivity index (χ1) is 5.54. The van der Waals surface area contributed by atoms with Gasteiger partial charge in [-0.05, 0) is 7.05 Å². The van der Waals surface area contributed by atoms with Crippen LogP contribution in [0.25, 0.3) is 0 Å². The van der Waals surface area contributed by atoms with Gasteiger partial charge in [-0.1, -0.05) is 0 Å². The minimum Gasteiger partial charge on any atom is -0.402 e. The van der Waals surface area contributed by atoms with E-state index in [9.17, 15) is 0 Å². The van der Waals surface area contributed by atoms with Gasteiger partial charge in [0.05, 0.1) is 13.2 Å². The second-order valence-electron chi connectivity index (χ2n) is 2.10. The molecule has 0 bridgehead atoms.